The monoisotopic (exact) mass is 265 g/mol. The molecule has 5 heteroatoms. The molecular weight excluding hydrogens is 240 g/mol. The molecule has 0 atom stereocenters. The van der Waals surface area contributed by atoms with Crippen LogP contribution in [0.3, 0.4) is 0 Å². The van der Waals surface area contributed by atoms with Crippen molar-refractivity contribution in [2.24, 2.45) is 0 Å². The van der Waals surface area contributed by atoms with Gasteiger partial charge in [-0.05, 0) is 16.1 Å². The SMILES string of the molecule is CC(C)(C)[Si](C)([CH]CS(=O)(=O)O)C(C)(C)C. The Morgan fingerprint density at radius 1 is 1.06 bits per heavy atom. The van der Waals surface area contributed by atoms with Gasteiger partial charge in [0, 0.05) is 0 Å². The fourth-order valence-electron chi connectivity index (χ4n) is 2.01. The molecule has 0 bridgehead atoms. The van der Waals surface area contributed by atoms with Crippen LogP contribution in [-0.2, 0) is 10.1 Å². The van der Waals surface area contributed by atoms with E-state index < -0.39 is 18.2 Å². The van der Waals surface area contributed by atoms with E-state index in [1.54, 1.807) is 0 Å². The van der Waals surface area contributed by atoms with Gasteiger partial charge in [0.25, 0.3) is 10.1 Å². The first-order valence-corrected chi connectivity index (χ1v) is 9.69. The van der Waals surface area contributed by atoms with Crippen molar-refractivity contribution in [2.75, 3.05) is 5.75 Å². The second-order valence-corrected chi connectivity index (χ2v) is 14.0. The Morgan fingerprint density at radius 2 is 1.38 bits per heavy atom. The summed E-state index contributed by atoms with van der Waals surface area (Å²) in [6, 6.07) is 1.86. The maximum absolute atomic E-state index is 10.9. The molecule has 1 radical (unpaired) electrons. The third-order valence-corrected chi connectivity index (χ3v) is 12.0. The van der Waals surface area contributed by atoms with Gasteiger partial charge in [0.05, 0.1) is 13.8 Å². The zero-order valence-corrected chi connectivity index (χ0v) is 13.3. The molecule has 97 valence electrons. The first-order chi connectivity index (χ1) is 6.71. The van der Waals surface area contributed by atoms with Crippen LogP contribution in [-0.4, -0.2) is 26.8 Å². The van der Waals surface area contributed by atoms with Crippen molar-refractivity contribution in [3.63, 3.8) is 0 Å². The average Bonchev–Trinajstić information content (AvgIpc) is 1.93. The molecule has 0 aliphatic rings. The van der Waals surface area contributed by atoms with Gasteiger partial charge >= 0.3 is 0 Å². The molecule has 0 saturated carbocycles. The minimum Gasteiger partial charge on any atom is -0.286 e. The van der Waals surface area contributed by atoms with Crippen molar-refractivity contribution in [1.82, 2.24) is 0 Å². The van der Waals surface area contributed by atoms with E-state index in [4.69, 9.17) is 4.55 Å². The smallest absolute Gasteiger partial charge is 0.264 e. The highest BCUT2D eigenvalue weighted by Gasteiger charge is 2.48. The average molecular weight is 265 g/mol. The van der Waals surface area contributed by atoms with Crippen LogP contribution in [0.15, 0.2) is 0 Å². The summed E-state index contributed by atoms with van der Waals surface area (Å²) in [6.07, 6.45) is 0. The van der Waals surface area contributed by atoms with Crippen LogP contribution in [0.5, 0.6) is 0 Å². The zero-order chi connectivity index (χ0) is 13.4. The molecule has 0 spiro atoms. The number of hydrogen-bond acceptors (Lipinski definition) is 2. The summed E-state index contributed by atoms with van der Waals surface area (Å²) in [4.78, 5) is 0. The van der Waals surface area contributed by atoms with Crippen molar-refractivity contribution < 1.29 is 13.0 Å². The highest BCUT2D eigenvalue weighted by atomic mass is 32.2. The van der Waals surface area contributed by atoms with Crippen LogP contribution in [0.2, 0.25) is 16.6 Å². The van der Waals surface area contributed by atoms with Crippen molar-refractivity contribution in [3.8, 4) is 0 Å². The van der Waals surface area contributed by atoms with E-state index in [1.165, 1.54) is 0 Å². The van der Waals surface area contributed by atoms with Crippen molar-refractivity contribution >= 4 is 18.2 Å². The molecule has 0 amide bonds. The lowest BCUT2D eigenvalue weighted by atomic mass is 10.2. The molecular formula is C11H25O3SSi. The van der Waals surface area contributed by atoms with Gasteiger partial charge in [0.15, 0.2) is 0 Å². The largest absolute Gasteiger partial charge is 0.286 e. The third kappa shape index (κ3) is 3.86. The van der Waals surface area contributed by atoms with Crippen molar-refractivity contribution in [3.05, 3.63) is 6.04 Å². The summed E-state index contributed by atoms with van der Waals surface area (Å²) in [6.45, 7) is 15.0. The van der Waals surface area contributed by atoms with Crippen molar-refractivity contribution in [2.45, 2.75) is 58.2 Å². The molecule has 0 heterocycles. The normalized spacial score (nSPS) is 15.2. The summed E-state index contributed by atoms with van der Waals surface area (Å²) >= 11 is 0. The Balaban J connectivity index is 5.15. The molecule has 0 aliphatic carbocycles. The molecule has 0 aromatic rings. The van der Waals surface area contributed by atoms with Gasteiger partial charge in [0.2, 0.25) is 0 Å². The topological polar surface area (TPSA) is 54.4 Å². The predicted octanol–water partition coefficient (Wildman–Crippen LogP) is 3.30. The summed E-state index contributed by atoms with van der Waals surface area (Å²) < 4.78 is 30.6. The minimum atomic E-state index is -3.90. The third-order valence-electron chi connectivity index (χ3n) is 3.82. The van der Waals surface area contributed by atoms with Gasteiger partial charge in [-0.25, -0.2) is 0 Å². The molecule has 0 saturated heterocycles. The standard InChI is InChI=1S/C11H25O3SSi/c1-10(2,3)16(7,11(4,5)6)9-8-15(12,13)14/h9H,8H2,1-7H3,(H,12,13,14). The van der Waals surface area contributed by atoms with Crippen LogP contribution in [0.25, 0.3) is 0 Å². The Hall–Kier alpha value is 0.127. The fraction of sp³-hybridized carbons (Fsp3) is 0.909. The van der Waals surface area contributed by atoms with Gasteiger partial charge in [-0.15, -0.1) is 0 Å². The van der Waals surface area contributed by atoms with Crippen LogP contribution >= 0.6 is 0 Å². The van der Waals surface area contributed by atoms with Crippen LogP contribution in [0.4, 0.5) is 0 Å². The van der Waals surface area contributed by atoms with Crippen molar-refractivity contribution in [1.29, 1.82) is 0 Å². The van der Waals surface area contributed by atoms with Gasteiger partial charge in [-0.2, -0.15) is 8.42 Å². The van der Waals surface area contributed by atoms with E-state index in [0.29, 0.717) is 0 Å². The Morgan fingerprint density at radius 3 is 1.56 bits per heavy atom. The minimum absolute atomic E-state index is 0.0654. The maximum atomic E-state index is 10.9. The zero-order valence-electron chi connectivity index (χ0n) is 11.5. The quantitative estimate of drug-likeness (QED) is 0.629. The lowest BCUT2D eigenvalue weighted by molar-refractivity contribution is 0.485. The molecule has 0 aromatic carbocycles. The number of rotatable bonds is 3. The Kier molecular flexibility index (Phi) is 4.46. The first kappa shape index (κ1) is 16.1. The summed E-state index contributed by atoms with van der Waals surface area (Å²) in [5.41, 5.74) is 0. The molecule has 0 fully saturated rings. The number of hydrogen-bond donors (Lipinski definition) is 1. The fourth-order valence-corrected chi connectivity index (χ4v) is 7.66. The molecule has 1 N–H and O–H groups in total. The highest BCUT2D eigenvalue weighted by Crippen LogP contribution is 2.52. The second-order valence-electron chi connectivity index (χ2n) is 6.66. The molecule has 0 unspecified atom stereocenters. The Bertz CT molecular complexity index is 319. The summed E-state index contributed by atoms with van der Waals surface area (Å²) in [7, 11) is -5.83. The summed E-state index contributed by atoms with van der Waals surface area (Å²) in [5.74, 6) is -0.232. The lowest BCUT2D eigenvalue weighted by Crippen LogP contribution is -2.51. The van der Waals surface area contributed by atoms with Gasteiger partial charge in [0.1, 0.15) is 0 Å². The van der Waals surface area contributed by atoms with E-state index in [1.807, 2.05) is 6.04 Å². The first-order valence-electron chi connectivity index (χ1n) is 5.50. The van der Waals surface area contributed by atoms with E-state index in [2.05, 4.69) is 48.1 Å². The van der Waals surface area contributed by atoms with Gasteiger partial charge in [-0.1, -0.05) is 48.1 Å². The molecule has 16 heavy (non-hydrogen) atoms. The summed E-state index contributed by atoms with van der Waals surface area (Å²) in [5, 5.41) is 0.131. The lowest BCUT2D eigenvalue weighted by Gasteiger charge is -2.49. The maximum Gasteiger partial charge on any atom is 0.264 e. The van der Waals surface area contributed by atoms with Crippen LogP contribution < -0.4 is 0 Å². The highest BCUT2D eigenvalue weighted by molar-refractivity contribution is 7.86. The van der Waals surface area contributed by atoms with Gasteiger partial charge in [-0.3, -0.25) is 4.55 Å². The molecule has 0 aliphatic heterocycles. The molecule has 0 rings (SSSR count). The predicted molar refractivity (Wildman–Crippen MR) is 71.8 cm³/mol. The van der Waals surface area contributed by atoms with E-state index in [-0.39, 0.29) is 15.8 Å². The van der Waals surface area contributed by atoms with Crippen LogP contribution in [0.1, 0.15) is 41.5 Å². The van der Waals surface area contributed by atoms with E-state index in [9.17, 15) is 8.42 Å². The van der Waals surface area contributed by atoms with Gasteiger partial charge < -0.3 is 0 Å². The second kappa shape index (κ2) is 4.42. The van der Waals surface area contributed by atoms with Crippen LogP contribution in [0, 0.1) is 6.04 Å². The van der Waals surface area contributed by atoms with E-state index >= 15 is 0 Å². The molecule has 0 aromatic heterocycles. The Labute approximate surface area is 101 Å². The van der Waals surface area contributed by atoms with E-state index in [0.717, 1.165) is 0 Å². The molecule has 3 nitrogen and oxygen atoms in total.